The summed E-state index contributed by atoms with van der Waals surface area (Å²) in [4.78, 5) is 40.9. The Labute approximate surface area is 134 Å². The van der Waals surface area contributed by atoms with Crippen molar-refractivity contribution in [3.63, 3.8) is 0 Å². The quantitative estimate of drug-likeness (QED) is 0.739. The lowest BCUT2D eigenvalue weighted by Crippen LogP contribution is -2.41. The molecule has 126 valence electrons. The van der Waals surface area contributed by atoms with Crippen molar-refractivity contribution in [2.45, 2.75) is 66.1 Å². The molecule has 0 spiro atoms. The third kappa shape index (κ3) is 3.43. The van der Waals surface area contributed by atoms with E-state index in [4.69, 9.17) is 0 Å². The van der Waals surface area contributed by atoms with Gasteiger partial charge in [-0.25, -0.2) is 9.78 Å². The zero-order valence-corrected chi connectivity index (χ0v) is 14.0. The van der Waals surface area contributed by atoms with Crippen molar-refractivity contribution >= 4 is 16.9 Å². The number of aryl methyl sites for hydroxylation is 2. The number of ketones is 1. The minimum Gasteiger partial charge on any atom is -0.325 e. The van der Waals surface area contributed by atoms with Crippen LogP contribution in [0.15, 0.2) is 15.9 Å². The van der Waals surface area contributed by atoms with E-state index in [9.17, 15) is 14.4 Å². The maximum absolute atomic E-state index is 12.7. The highest BCUT2D eigenvalue weighted by molar-refractivity contribution is 5.75. The molecule has 0 aromatic carbocycles. The van der Waals surface area contributed by atoms with E-state index in [0.29, 0.717) is 24.3 Å². The number of Topliss-reactive ketones (excluding diaryl/α,β-unsaturated/α-hetero) is 1. The third-order valence-corrected chi connectivity index (χ3v) is 3.87. The molecule has 0 unspecified atom stereocenters. The number of rotatable bonds is 8. The second-order valence-corrected chi connectivity index (χ2v) is 5.81. The highest BCUT2D eigenvalue weighted by atomic mass is 16.2. The van der Waals surface area contributed by atoms with E-state index in [1.165, 1.54) is 11.5 Å². The lowest BCUT2D eigenvalue weighted by molar-refractivity contribution is -0.117. The van der Waals surface area contributed by atoms with Gasteiger partial charge in [-0.05, 0) is 19.8 Å². The van der Waals surface area contributed by atoms with Gasteiger partial charge < -0.3 is 4.57 Å². The van der Waals surface area contributed by atoms with Crippen LogP contribution in [0.1, 0.15) is 46.5 Å². The monoisotopic (exact) mass is 320 g/mol. The molecule has 0 radical (unpaired) electrons. The predicted molar refractivity (Wildman–Crippen MR) is 88.8 cm³/mol. The molecular formula is C16H24N4O3. The number of nitrogens with zero attached hydrogens (tertiary/aromatic N) is 4. The predicted octanol–water partition coefficient (Wildman–Crippen LogP) is 1.55. The van der Waals surface area contributed by atoms with Crippen molar-refractivity contribution in [3.8, 4) is 0 Å². The summed E-state index contributed by atoms with van der Waals surface area (Å²) in [5.41, 5.74) is 0.163. The minimum absolute atomic E-state index is 0.0430. The first-order valence-corrected chi connectivity index (χ1v) is 8.19. The second kappa shape index (κ2) is 7.39. The lowest BCUT2D eigenvalue weighted by atomic mass is 10.3. The van der Waals surface area contributed by atoms with Crippen LogP contribution in [0, 0.1) is 0 Å². The smallest absolute Gasteiger partial charge is 0.325 e. The van der Waals surface area contributed by atoms with Gasteiger partial charge in [0, 0.05) is 26.1 Å². The summed E-state index contributed by atoms with van der Waals surface area (Å²) in [5, 5.41) is 0. The molecule has 0 saturated carbocycles. The lowest BCUT2D eigenvalue weighted by Gasteiger charge is -2.11. The number of carbonyl (C=O) groups is 1. The number of unbranched alkanes of at least 4 members (excludes halogenated alkanes) is 1. The summed E-state index contributed by atoms with van der Waals surface area (Å²) in [6.45, 7) is 6.84. The van der Waals surface area contributed by atoms with Crippen molar-refractivity contribution in [3.05, 3.63) is 27.2 Å². The molecule has 2 aromatic rings. The zero-order chi connectivity index (χ0) is 17.0. The fourth-order valence-corrected chi connectivity index (χ4v) is 2.63. The molecule has 2 aromatic heterocycles. The molecule has 7 heteroatoms. The van der Waals surface area contributed by atoms with Gasteiger partial charge in [0.1, 0.15) is 5.78 Å². The first kappa shape index (κ1) is 17.2. The van der Waals surface area contributed by atoms with Crippen LogP contribution in [-0.4, -0.2) is 24.5 Å². The molecular weight excluding hydrogens is 296 g/mol. The van der Waals surface area contributed by atoms with Crippen LogP contribution in [0.2, 0.25) is 0 Å². The van der Waals surface area contributed by atoms with Crippen LogP contribution in [-0.2, 0) is 24.4 Å². The van der Waals surface area contributed by atoms with Gasteiger partial charge >= 0.3 is 5.69 Å². The number of carbonyl (C=O) groups excluding carboxylic acids is 1. The van der Waals surface area contributed by atoms with Gasteiger partial charge in [0.15, 0.2) is 11.2 Å². The average Bonchev–Trinajstić information content (AvgIpc) is 2.91. The van der Waals surface area contributed by atoms with Crippen LogP contribution < -0.4 is 11.2 Å². The fourth-order valence-electron chi connectivity index (χ4n) is 2.63. The van der Waals surface area contributed by atoms with E-state index < -0.39 is 0 Å². The summed E-state index contributed by atoms with van der Waals surface area (Å²) < 4.78 is 4.53. The Kier molecular flexibility index (Phi) is 5.52. The molecule has 0 bridgehead atoms. The van der Waals surface area contributed by atoms with E-state index in [0.717, 1.165) is 19.3 Å². The fraction of sp³-hybridized carbons (Fsp3) is 0.625. The molecule has 0 aliphatic heterocycles. The summed E-state index contributed by atoms with van der Waals surface area (Å²) >= 11 is 0. The molecule has 0 aliphatic rings. The van der Waals surface area contributed by atoms with E-state index >= 15 is 0 Å². The molecule has 0 aliphatic carbocycles. The minimum atomic E-state index is -0.376. The molecule has 2 rings (SSSR count). The second-order valence-electron chi connectivity index (χ2n) is 5.81. The van der Waals surface area contributed by atoms with E-state index in [1.807, 2.05) is 13.8 Å². The molecule has 2 heterocycles. The Hall–Kier alpha value is -2.18. The van der Waals surface area contributed by atoms with E-state index in [1.54, 1.807) is 15.5 Å². The Morgan fingerprint density at radius 1 is 1.09 bits per heavy atom. The van der Waals surface area contributed by atoms with Gasteiger partial charge in [-0.3, -0.25) is 18.7 Å². The SMILES string of the molecule is CCCCn1c(=O)n(CCC(C)=O)c(=O)c2c1ncn2CCC. The topological polar surface area (TPSA) is 78.9 Å². The number of aromatic nitrogens is 4. The summed E-state index contributed by atoms with van der Waals surface area (Å²) in [6.07, 6.45) is 4.44. The highest BCUT2D eigenvalue weighted by Gasteiger charge is 2.17. The molecule has 0 N–H and O–H groups in total. The van der Waals surface area contributed by atoms with Gasteiger partial charge in [-0.2, -0.15) is 0 Å². The van der Waals surface area contributed by atoms with Crippen molar-refractivity contribution in [1.82, 2.24) is 18.7 Å². The van der Waals surface area contributed by atoms with Crippen LogP contribution in [0.25, 0.3) is 11.2 Å². The summed E-state index contributed by atoms with van der Waals surface area (Å²) in [6, 6.07) is 0. The Morgan fingerprint density at radius 3 is 2.43 bits per heavy atom. The van der Waals surface area contributed by atoms with Crippen LogP contribution >= 0.6 is 0 Å². The summed E-state index contributed by atoms with van der Waals surface area (Å²) in [7, 11) is 0. The molecule has 0 amide bonds. The first-order chi connectivity index (χ1) is 11.0. The standard InChI is InChI=1S/C16H24N4O3/c1-4-6-9-19-14-13(18(8-5-2)11-17-14)15(22)20(16(19)23)10-7-12(3)21/h11H,4-10H2,1-3H3. The van der Waals surface area contributed by atoms with E-state index in [2.05, 4.69) is 4.98 Å². The Balaban J connectivity index is 2.68. The average molecular weight is 320 g/mol. The van der Waals surface area contributed by atoms with Crippen molar-refractivity contribution < 1.29 is 4.79 Å². The molecule has 0 atom stereocenters. The number of hydrogen-bond acceptors (Lipinski definition) is 4. The Morgan fingerprint density at radius 2 is 1.83 bits per heavy atom. The molecule has 23 heavy (non-hydrogen) atoms. The maximum Gasteiger partial charge on any atom is 0.332 e. The summed E-state index contributed by atoms with van der Waals surface area (Å²) in [5.74, 6) is -0.0430. The number of fused-ring (bicyclic) bond motifs is 1. The van der Waals surface area contributed by atoms with Crippen molar-refractivity contribution in [2.24, 2.45) is 0 Å². The molecule has 0 saturated heterocycles. The van der Waals surface area contributed by atoms with Crippen LogP contribution in [0.3, 0.4) is 0 Å². The van der Waals surface area contributed by atoms with Crippen molar-refractivity contribution in [2.75, 3.05) is 0 Å². The maximum atomic E-state index is 12.7. The van der Waals surface area contributed by atoms with Crippen LogP contribution in [0.4, 0.5) is 0 Å². The highest BCUT2D eigenvalue weighted by Crippen LogP contribution is 2.09. The zero-order valence-electron chi connectivity index (χ0n) is 14.0. The first-order valence-electron chi connectivity index (χ1n) is 8.19. The third-order valence-electron chi connectivity index (χ3n) is 3.87. The van der Waals surface area contributed by atoms with Gasteiger partial charge in [0.25, 0.3) is 5.56 Å². The van der Waals surface area contributed by atoms with Gasteiger partial charge in [-0.15, -0.1) is 0 Å². The molecule has 0 fully saturated rings. The van der Waals surface area contributed by atoms with E-state index in [-0.39, 0.29) is 30.0 Å². The number of imidazole rings is 1. The largest absolute Gasteiger partial charge is 0.332 e. The van der Waals surface area contributed by atoms with Gasteiger partial charge in [0.2, 0.25) is 0 Å². The Bertz CT molecular complexity index is 813. The normalized spacial score (nSPS) is 11.3. The van der Waals surface area contributed by atoms with Crippen LogP contribution in [0.5, 0.6) is 0 Å². The van der Waals surface area contributed by atoms with Gasteiger partial charge in [-0.1, -0.05) is 20.3 Å². The molecule has 7 nitrogen and oxygen atoms in total. The number of hydrogen-bond donors (Lipinski definition) is 0. The van der Waals surface area contributed by atoms with Crippen molar-refractivity contribution in [1.29, 1.82) is 0 Å². The van der Waals surface area contributed by atoms with Gasteiger partial charge in [0.05, 0.1) is 6.33 Å².